The van der Waals surface area contributed by atoms with Crippen LogP contribution in [0.1, 0.15) is 16.8 Å². The Morgan fingerprint density at radius 2 is 2.11 bits per heavy atom. The van der Waals surface area contributed by atoms with Gasteiger partial charge in [0.1, 0.15) is 15.7 Å². The number of sulfone groups is 1. The van der Waals surface area contributed by atoms with Crippen LogP contribution in [0.15, 0.2) is 18.2 Å². The zero-order valence-corrected chi connectivity index (χ0v) is 10.6. The summed E-state index contributed by atoms with van der Waals surface area (Å²) in [6, 6.07) is 3.52. The van der Waals surface area contributed by atoms with E-state index in [9.17, 15) is 17.6 Å². The van der Waals surface area contributed by atoms with E-state index in [1.54, 1.807) is 0 Å². The van der Waals surface area contributed by atoms with E-state index < -0.39 is 21.6 Å². The van der Waals surface area contributed by atoms with Crippen LogP contribution in [-0.2, 0) is 9.84 Å². The fraction of sp³-hybridized carbons (Fsp3) is 0.364. The molecule has 0 saturated heterocycles. The molecule has 0 amide bonds. The van der Waals surface area contributed by atoms with Gasteiger partial charge < -0.3 is 10.4 Å². The Balaban J connectivity index is 2.56. The van der Waals surface area contributed by atoms with Crippen molar-refractivity contribution in [3.63, 3.8) is 0 Å². The Morgan fingerprint density at radius 1 is 1.44 bits per heavy atom. The van der Waals surface area contributed by atoms with Gasteiger partial charge in [-0.25, -0.2) is 17.6 Å². The lowest BCUT2D eigenvalue weighted by molar-refractivity contribution is 0.0696. The smallest absolute Gasteiger partial charge is 0.335 e. The molecule has 0 aliphatic rings. The maximum Gasteiger partial charge on any atom is 0.335 e. The van der Waals surface area contributed by atoms with Crippen molar-refractivity contribution in [1.82, 2.24) is 0 Å². The van der Waals surface area contributed by atoms with Crippen LogP contribution in [-0.4, -0.2) is 38.0 Å². The van der Waals surface area contributed by atoms with Gasteiger partial charge in [-0.3, -0.25) is 0 Å². The van der Waals surface area contributed by atoms with E-state index in [-0.39, 0.29) is 17.0 Å². The highest BCUT2D eigenvalue weighted by Gasteiger charge is 2.08. The number of benzene rings is 1. The van der Waals surface area contributed by atoms with Gasteiger partial charge in [-0.05, 0) is 24.6 Å². The second-order valence-corrected chi connectivity index (χ2v) is 6.17. The maximum atomic E-state index is 13.4. The van der Waals surface area contributed by atoms with Crippen LogP contribution in [0.5, 0.6) is 0 Å². The molecule has 18 heavy (non-hydrogen) atoms. The Kier molecular flexibility index (Phi) is 4.66. The number of anilines is 1. The molecule has 1 aromatic carbocycles. The van der Waals surface area contributed by atoms with Gasteiger partial charge in [-0.15, -0.1) is 0 Å². The molecule has 0 radical (unpaired) electrons. The van der Waals surface area contributed by atoms with Crippen molar-refractivity contribution in [2.45, 2.75) is 6.42 Å². The van der Waals surface area contributed by atoms with E-state index in [0.29, 0.717) is 13.0 Å². The third-order valence-corrected chi connectivity index (χ3v) is 3.25. The fourth-order valence-electron chi connectivity index (χ4n) is 1.35. The predicted octanol–water partition coefficient (Wildman–Crippen LogP) is 1.37. The zero-order valence-electron chi connectivity index (χ0n) is 9.81. The SMILES string of the molecule is CS(=O)(=O)CCCNc1ccc(C(=O)O)cc1F. The zero-order chi connectivity index (χ0) is 13.8. The van der Waals surface area contributed by atoms with Gasteiger partial charge in [-0.2, -0.15) is 0 Å². The van der Waals surface area contributed by atoms with Gasteiger partial charge in [0.05, 0.1) is 17.0 Å². The summed E-state index contributed by atoms with van der Waals surface area (Å²) in [5.41, 5.74) is 0.0303. The van der Waals surface area contributed by atoms with E-state index in [4.69, 9.17) is 5.11 Å². The summed E-state index contributed by atoms with van der Waals surface area (Å²) < 4.78 is 35.2. The van der Waals surface area contributed by atoms with Crippen molar-refractivity contribution in [3.05, 3.63) is 29.6 Å². The minimum atomic E-state index is -3.02. The molecule has 0 unspecified atom stereocenters. The number of hydrogen-bond acceptors (Lipinski definition) is 4. The van der Waals surface area contributed by atoms with Crippen LogP contribution >= 0.6 is 0 Å². The van der Waals surface area contributed by atoms with Crippen LogP contribution in [0.25, 0.3) is 0 Å². The Hall–Kier alpha value is -1.63. The van der Waals surface area contributed by atoms with E-state index in [0.717, 1.165) is 12.3 Å². The number of hydrogen-bond donors (Lipinski definition) is 2. The molecular weight excluding hydrogens is 261 g/mol. The molecule has 5 nitrogen and oxygen atoms in total. The summed E-state index contributed by atoms with van der Waals surface area (Å²) in [5.74, 6) is -1.85. The quantitative estimate of drug-likeness (QED) is 0.766. The van der Waals surface area contributed by atoms with Crippen LogP contribution in [0.3, 0.4) is 0 Å². The van der Waals surface area contributed by atoms with Crippen LogP contribution in [0.4, 0.5) is 10.1 Å². The molecule has 0 bridgehead atoms. The van der Waals surface area contributed by atoms with Gasteiger partial charge in [0, 0.05) is 12.8 Å². The molecule has 0 aromatic heterocycles. The Morgan fingerprint density at radius 3 is 2.61 bits per heavy atom. The second kappa shape index (κ2) is 5.81. The molecule has 0 spiro atoms. The van der Waals surface area contributed by atoms with Crippen molar-refractivity contribution < 1.29 is 22.7 Å². The average molecular weight is 275 g/mol. The number of halogens is 1. The van der Waals surface area contributed by atoms with Crippen molar-refractivity contribution in [1.29, 1.82) is 0 Å². The van der Waals surface area contributed by atoms with Crippen molar-refractivity contribution in [3.8, 4) is 0 Å². The van der Waals surface area contributed by atoms with E-state index >= 15 is 0 Å². The molecule has 2 N–H and O–H groups in total. The Bertz CT molecular complexity index is 542. The topological polar surface area (TPSA) is 83.5 Å². The summed E-state index contributed by atoms with van der Waals surface area (Å²) in [7, 11) is -3.02. The first-order valence-electron chi connectivity index (χ1n) is 5.24. The first kappa shape index (κ1) is 14.4. The number of carbonyl (C=O) groups is 1. The van der Waals surface area contributed by atoms with Crippen molar-refractivity contribution in [2.75, 3.05) is 23.9 Å². The predicted molar refractivity (Wildman–Crippen MR) is 66.2 cm³/mol. The molecule has 100 valence electrons. The number of carboxylic acids is 1. The average Bonchev–Trinajstić information content (AvgIpc) is 2.24. The van der Waals surface area contributed by atoms with Crippen molar-refractivity contribution in [2.24, 2.45) is 0 Å². The fourth-order valence-corrected chi connectivity index (χ4v) is 2.02. The maximum absolute atomic E-state index is 13.4. The molecular formula is C11H14FNO4S. The van der Waals surface area contributed by atoms with E-state index in [1.807, 2.05) is 0 Å². The van der Waals surface area contributed by atoms with Gasteiger partial charge in [-0.1, -0.05) is 0 Å². The highest BCUT2D eigenvalue weighted by molar-refractivity contribution is 7.90. The third kappa shape index (κ3) is 4.70. The largest absolute Gasteiger partial charge is 0.478 e. The first-order chi connectivity index (χ1) is 8.29. The third-order valence-electron chi connectivity index (χ3n) is 2.22. The van der Waals surface area contributed by atoms with Crippen molar-refractivity contribution >= 4 is 21.5 Å². The van der Waals surface area contributed by atoms with E-state index in [2.05, 4.69) is 5.32 Å². The van der Waals surface area contributed by atoms with Gasteiger partial charge in [0.2, 0.25) is 0 Å². The standard InChI is InChI=1S/C11H14FNO4S/c1-18(16,17)6-2-5-13-10-4-3-8(11(14)15)7-9(10)12/h3-4,7,13H,2,5-6H2,1H3,(H,14,15). The highest BCUT2D eigenvalue weighted by atomic mass is 32.2. The normalized spacial score (nSPS) is 11.2. The molecule has 0 heterocycles. The Labute approximate surface area is 105 Å². The molecule has 1 aromatic rings. The minimum Gasteiger partial charge on any atom is -0.478 e. The minimum absolute atomic E-state index is 0.0226. The molecule has 0 aliphatic heterocycles. The van der Waals surface area contributed by atoms with Crippen LogP contribution in [0, 0.1) is 5.82 Å². The number of nitrogens with one attached hydrogen (secondary N) is 1. The lowest BCUT2D eigenvalue weighted by atomic mass is 10.2. The molecule has 0 fully saturated rings. The summed E-state index contributed by atoms with van der Waals surface area (Å²) in [4.78, 5) is 10.6. The number of aromatic carboxylic acids is 1. The van der Waals surface area contributed by atoms with E-state index in [1.165, 1.54) is 12.1 Å². The molecule has 7 heteroatoms. The lowest BCUT2D eigenvalue weighted by Crippen LogP contribution is -2.10. The van der Waals surface area contributed by atoms with Crippen LogP contribution < -0.4 is 5.32 Å². The second-order valence-electron chi connectivity index (χ2n) is 3.91. The summed E-state index contributed by atoms with van der Waals surface area (Å²) in [5, 5.41) is 11.4. The summed E-state index contributed by atoms with van der Waals surface area (Å²) in [6.45, 7) is 0.302. The number of carboxylic acid groups (broad SMARTS) is 1. The monoisotopic (exact) mass is 275 g/mol. The first-order valence-corrected chi connectivity index (χ1v) is 7.30. The summed E-state index contributed by atoms with van der Waals surface area (Å²) >= 11 is 0. The van der Waals surface area contributed by atoms with Gasteiger partial charge >= 0.3 is 5.97 Å². The van der Waals surface area contributed by atoms with Crippen LogP contribution in [0.2, 0.25) is 0 Å². The molecule has 0 saturated carbocycles. The van der Waals surface area contributed by atoms with Gasteiger partial charge in [0.15, 0.2) is 0 Å². The lowest BCUT2D eigenvalue weighted by Gasteiger charge is -2.07. The molecule has 0 aliphatic carbocycles. The number of rotatable bonds is 6. The highest BCUT2D eigenvalue weighted by Crippen LogP contribution is 2.15. The summed E-state index contributed by atoms with van der Waals surface area (Å²) in [6.07, 6.45) is 1.49. The molecule has 0 atom stereocenters. The van der Waals surface area contributed by atoms with Gasteiger partial charge in [0.25, 0.3) is 0 Å². The molecule has 1 rings (SSSR count).